The number of aromatic amines is 1. The molecular weight excluding hydrogens is 461 g/mol. The first-order valence-corrected chi connectivity index (χ1v) is 12.0. The quantitative estimate of drug-likeness (QED) is 0.408. The Labute approximate surface area is 184 Å². The third-order valence-corrected chi connectivity index (χ3v) is 8.14. The molecule has 3 aromatic carbocycles. The van der Waals surface area contributed by atoms with E-state index in [9.17, 15) is 3.83 Å². The Morgan fingerprint density at radius 1 is 0.774 bits per heavy atom. The number of hydrogen-bond donors (Lipinski definition) is 1. The first-order valence-electron chi connectivity index (χ1n) is 9.58. The SMILES string of the molecule is COc1ccc(-c2[nH]c3ccccc3c2[Se](=O)c2cc(OC)c(OC)c(OC)c2)cc1. The van der Waals surface area contributed by atoms with Crippen LogP contribution in [0.4, 0.5) is 0 Å². The first kappa shape index (κ1) is 21.0. The van der Waals surface area contributed by atoms with Gasteiger partial charge in [0.2, 0.25) is 0 Å². The summed E-state index contributed by atoms with van der Waals surface area (Å²) in [6.07, 6.45) is 0. The molecule has 0 saturated heterocycles. The van der Waals surface area contributed by atoms with Gasteiger partial charge in [0.15, 0.2) is 0 Å². The van der Waals surface area contributed by atoms with E-state index in [-0.39, 0.29) is 0 Å². The summed E-state index contributed by atoms with van der Waals surface area (Å²) >= 11 is -2.72. The number of ether oxygens (including phenoxy) is 4. The van der Waals surface area contributed by atoms with Crippen molar-refractivity contribution in [2.45, 2.75) is 0 Å². The molecule has 6 nitrogen and oxygen atoms in total. The molecule has 0 bridgehead atoms. The van der Waals surface area contributed by atoms with E-state index in [1.54, 1.807) is 40.6 Å². The first-order chi connectivity index (χ1) is 15.1. The van der Waals surface area contributed by atoms with Gasteiger partial charge in [0.05, 0.1) is 0 Å². The normalized spacial score (nSPS) is 11.9. The molecule has 7 heteroatoms. The molecule has 1 N–H and O–H groups in total. The number of rotatable bonds is 7. The zero-order chi connectivity index (χ0) is 22.0. The molecule has 0 saturated carbocycles. The summed E-state index contributed by atoms with van der Waals surface area (Å²) in [5, 5.41) is 0.932. The van der Waals surface area contributed by atoms with Crippen LogP contribution < -0.4 is 27.9 Å². The molecular formula is C24H23NO5Se. The molecule has 0 aliphatic heterocycles. The van der Waals surface area contributed by atoms with Gasteiger partial charge in [0.25, 0.3) is 0 Å². The van der Waals surface area contributed by atoms with Gasteiger partial charge >= 0.3 is 185 Å². The molecule has 1 aromatic heterocycles. The second-order valence-corrected chi connectivity index (χ2v) is 9.71. The number of benzene rings is 3. The van der Waals surface area contributed by atoms with Gasteiger partial charge in [-0.15, -0.1) is 0 Å². The minimum absolute atomic E-state index is 0.474. The summed E-state index contributed by atoms with van der Waals surface area (Å²) in [5.74, 6) is 2.20. The zero-order valence-electron chi connectivity index (χ0n) is 17.7. The molecule has 1 heterocycles. The van der Waals surface area contributed by atoms with Crippen molar-refractivity contribution in [3.8, 4) is 34.3 Å². The van der Waals surface area contributed by atoms with E-state index >= 15 is 0 Å². The van der Waals surface area contributed by atoms with E-state index in [1.807, 2.05) is 48.5 Å². The topological polar surface area (TPSA) is 69.8 Å². The zero-order valence-corrected chi connectivity index (χ0v) is 19.4. The number of H-pyrrole nitrogens is 1. The predicted octanol–water partition coefficient (Wildman–Crippen LogP) is 3.41. The Morgan fingerprint density at radius 2 is 1.42 bits per heavy atom. The van der Waals surface area contributed by atoms with E-state index in [2.05, 4.69) is 4.98 Å². The number of para-hydroxylation sites is 1. The summed E-state index contributed by atoms with van der Waals surface area (Å²) in [6.45, 7) is 0. The van der Waals surface area contributed by atoms with E-state index in [0.29, 0.717) is 21.7 Å². The van der Waals surface area contributed by atoms with Crippen LogP contribution in [0.3, 0.4) is 0 Å². The summed E-state index contributed by atoms with van der Waals surface area (Å²) in [5.41, 5.74) is 2.70. The van der Waals surface area contributed by atoms with Crippen LogP contribution in [0.15, 0.2) is 60.7 Å². The average Bonchev–Trinajstić information content (AvgIpc) is 3.22. The summed E-state index contributed by atoms with van der Waals surface area (Å²) < 4.78 is 37.1. The van der Waals surface area contributed by atoms with Gasteiger partial charge in [0.1, 0.15) is 0 Å². The number of nitrogens with one attached hydrogen (secondary N) is 1. The van der Waals surface area contributed by atoms with Crippen LogP contribution in [0.25, 0.3) is 22.2 Å². The Balaban J connectivity index is 1.92. The van der Waals surface area contributed by atoms with Gasteiger partial charge in [0, 0.05) is 0 Å². The van der Waals surface area contributed by atoms with Crippen molar-refractivity contribution in [3.05, 3.63) is 60.7 Å². The molecule has 0 aliphatic rings. The van der Waals surface area contributed by atoms with Crippen molar-refractivity contribution in [3.63, 3.8) is 0 Å². The van der Waals surface area contributed by atoms with Crippen molar-refractivity contribution >= 4 is 33.7 Å². The third-order valence-electron chi connectivity index (χ3n) is 5.07. The molecule has 0 spiro atoms. The molecule has 0 aliphatic carbocycles. The predicted molar refractivity (Wildman–Crippen MR) is 122 cm³/mol. The number of hydrogen-bond acceptors (Lipinski definition) is 5. The Bertz CT molecular complexity index is 1220. The van der Waals surface area contributed by atoms with Crippen molar-refractivity contribution in [2.75, 3.05) is 28.4 Å². The second kappa shape index (κ2) is 8.84. The maximum atomic E-state index is 14.0. The molecule has 0 amide bonds. The minimum atomic E-state index is -2.72. The van der Waals surface area contributed by atoms with Crippen molar-refractivity contribution < 1.29 is 22.8 Å². The fourth-order valence-electron chi connectivity index (χ4n) is 3.55. The van der Waals surface area contributed by atoms with Crippen LogP contribution in [-0.4, -0.2) is 47.3 Å². The molecule has 31 heavy (non-hydrogen) atoms. The van der Waals surface area contributed by atoms with Crippen LogP contribution in [0.2, 0.25) is 0 Å². The molecule has 0 radical (unpaired) electrons. The fraction of sp³-hybridized carbons (Fsp3) is 0.167. The molecule has 160 valence electrons. The molecule has 0 fully saturated rings. The van der Waals surface area contributed by atoms with E-state index < -0.39 is 13.8 Å². The van der Waals surface area contributed by atoms with E-state index in [1.165, 1.54) is 0 Å². The van der Waals surface area contributed by atoms with Gasteiger partial charge in [-0.05, 0) is 0 Å². The van der Waals surface area contributed by atoms with Crippen LogP contribution in [0, 0.1) is 0 Å². The number of fused-ring (bicyclic) bond motifs is 1. The third kappa shape index (κ3) is 3.78. The van der Waals surface area contributed by atoms with Gasteiger partial charge in [-0.3, -0.25) is 0 Å². The Morgan fingerprint density at radius 3 is 2.00 bits per heavy atom. The molecule has 1 atom stereocenters. The van der Waals surface area contributed by atoms with Gasteiger partial charge < -0.3 is 0 Å². The van der Waals surface area contributed by atoms with Crippen LogP contribution >= 0.6 is 0 Å². The van der Waals surface area contributed by atoms with Gasteiger partial charge in [-0.1, -0.05) is 0 Å². The van der Waals surface area contributed by atoms with Crippen LogP contribution in [0.5, 0.6) is 23.0 Å². The maximum absolute atomic E-state index is 14.0. The number of aromatic nitrogens is 1. The standard InChI is InChI=1S/C24H23NO5Se/c1-27-16-11-9-15(10-12-16)22-24(18-7-5-6-8-19(18)25-22)31(26)17-13-20(28-2)23(30-4)21(14-17)29-3/h5-14,25H,1-4H3. The molecule has 4 rings (SSSR count). The van der Waals surface area contributed by atoms with Crippen LogP contribution in [0.1, 0.15) is 0 Å². The van der Waals surface area contributed by atoms with Gasteiger partial charge in [-0.25, -0.2) is 0 Å². The van der Waals surface area contributed by atoms with Gasteiger partial charge in [-0.2, -0.15) is 0 Å². The second-order valence-electron chi connectivity index (χ2n) is 6.73. The average molecular weight is 484 g/mol. The summed E-state index contributed by atoms with van der Waals surface area (Å²) in [4.78, 5) is 3.45. The van der Waals surface area contributed by atoms with E-state index in [0.717, 1.165) is 32.4 Å². The van der Waals surface area contributed by atoms with Crippen molar-refractivity contribution in [2.24, 2.45) is 0 Å². The number of methoxy groups -OCH3 is 4. The van der Waals surface area contributed by atoms with Crippen molar-refractivity contribution in [1.82, 2.24) is 4.98 Å². The fourth-order valence-corrected chi connectivity index (χ4v) is 6.48. The Hall–Kier alpha value is -3.28. The van der Waals surface area contributed by atoms with Crippen molar-refractivity contribution in [1.29, 1.82) is 0 Å². The summed E-state index contributed by atoms with van der Waals surface area (Å²) in [7, 11) is 6.28. The monoisotopic (exact) mass is 485 g/mol. The Kier molecular flexibility index (Phi) is 5.98. The molecule has 1 unspecified atom stereocenters. The van der Waals surface area contributed by atoms with E-state index in [4.69, 9.17) is 18.9 Å². The summed E-state index contributed by atoms with van der Waals surface area (Å²) in [6, 6.07) is 19.1. The molecule has 4 aromatic rings. The van der Waals surface area contributed by atoms with Crippen LogP contribution in [-0.2, 0) is 3.83 Å².